The van der Waals surface area contributed by atoms with Gasteiger partial charge >= 0.3 is 12.1 Å². The molecule has 1 aromatic rings. The molecule has 2 aliphatic heterocycles. The molecule has 0 bridgehead atoms. The summed E-state index contributed by atoms with van der Waals surface area (Å²) in [5, 5.41) is 7.12. The lowest BCUT2D eigenvalue weighted by atomic mass is 10.1. The molecule has 1 aromatic carbocycles. The summed E-state index contributed by atoms with van der Waals surface area (Å²) in [4.78, 5) is 25.7. The van der Waals surface area contributed by atoms with Gasteiger partial charge in [0.05, 0.1) is 6.10 Å². The highest BCUT2D eigenvalue weighted by atomic mass is 19.4. The van der Waals surface area contributed by atoms with Gasteiger partial charge in [-0.15, -0.1) is 0 Å². The summed E-state index contributed by atoms with van der Waals surface area (Å²) in [5.74, 6) is -2.39. The van der Waals surface area contributed by atoms with Crippen LogP contribution in [-0.4, -0.2) is 77.9 Å². The Morgan fingerprint density at radius 1 is 1.17 bits per heavy atom. The van der Waals surface area contributed by atoms with Crippen LogP contribution in [0.25, 0.3) is 0 Å². The molecular formula is C20H24F4N2O4. The number of rotatable bonds is 4. The minimum absolute atomic E-state index is 0.0634. The molecule has 0 radical (unpaired) electrons. The van der Waals surface area contributed by atoms with Crippen molar-refractivity contribution in [3.8, 4) is 0 Å². The Balaban J connectivity index is 0.000000318. The molecule has 3 aliphatic rings. The highest BCUT2D eigenvalue weighted by Gasteiger charge is 2.39. The van der Waals surface area contributed by atoms with Crippen LogP contribution >= 0.6 is 0 Å². The summed E-state index contributed by atoms with van der Waals surface area (Å²) in [6.07, 6.45) is -1.14. The largest absolute Gasteiger partial charge is 0.490 e. The second-order valence-corrected chi connectivity index (χ2v) is 7.85. The molecule has 0 spiro atoms. The summed E-state index contributed by atoms with van der Waals surface area (Å²) in [6, 6.07) is 6.35. The number of aliphatic carboxylic acids is 1. The number of carbonyl (C=O) groups excluding carboxylic acids is 1. The average Bonchev–Trinajstić information content (AvgIpc) is 3.43. The minimum atomic E-state index is -5.08. The van der Waals surface area contributed by atoms with Crippen LogP contribution in [0.5, 0.6) is 0 Å². The molecule has 1 N–H and O–H groups in total. The van der Waals surface area contributed by atoms with Crippen LogP contribution in [0, 0.1) is 11.7 Å². The molecule has 0 aromatic heterocycles. The maximum atomic E-state index is 13.3. The molecule has 0 unspecified atom stereocenters. The normalized spacial score (nSPS) is 24.1. The van der Waals surface area contributed by atoms with Gasteiger partial charge < -0.3 is 14.7 Å². The molecule has 1 saturated carbocycles. The summed E-state index contributed by atoms with van der Waals surface area (Å²) in [7, 11) is 0. The Hall–Kier alpha value is -2.20. The Morgan fingerprint density at radius 2 is 1.87 bits per heavy atom. The number of amides is 1. The fourth-order valence-corrected chi connectivity index (χ4v) is 3.66. The van der Waals surface area contributed by atoms with Crippen LogP contribution in [-0.2, 0) is 9.53 Å². The van der Waals surface area contributed by atoms with Crippen molar-refractivity contribution in [3.63, 3.8) is 0 Å². The SMILES string of the molecule is O=C(O)C(F)(F)F.O=C(c1cccc(F)c1)N1CCN2C[C@H](OCC3CC3)C[C@H]2C1. The number of benzene rings is 1. The van der Waals surface area contributed by atoms with E-state index >= 15 is 0 Å². The topological polar surface area (TPSA) is 70.1 Å². The fourth-order valence-electron chi connectivity index (χ4n) is 3.66. The Bertz CT molecular complexity index is 769. The third kappa shape index (κ3) is 6.15. The Kier molecular flexibility index (Phi) is 6.97. The number of nitrogens with zero attached hydrogens (tertiary/aromatic N) is 2. The predicted molar refractivity (Wildman–Crippen MR) is 98.4 cm³/mol. The first-order chi connectivity index (χ1) is 14.1. The van der Waals surface area contributed by atoms with Crippen molar-refractivity contribution >= 4 is 11.9 Å². The molecule has 6 nitrogen and oxygen atoms in total. The summed E-state index contributed by atoms with van der Waals surface area (Å²) in [5.41, 5.74) is 0.443. The van der Waals surface area contributed by atoms with Crippen molar-refractivity contribution in [1.82, 2.24) is 9.80 Å². The van der Waals surface area contributed by atoms with Crippen molar-refractivity contribution in [2.45, 2.75) is 37.6 Å². The molecular weight excluding hydrogens is 408 g/mol. The highest BCUT2D eigenvalue weighted by Crippen LogP contribution is 2.31. The average molecular weight is 432 g/mol. The molecule has 166 valence electrons. The quantitative estimate of drug-likeness (QED) is 0.741. The zero-order chi connectivity index (χ0) is 21.9. The molecule has 4 rings (SSSR count). The smallest absolute Gasteiger partial charge is 0.475 e. The molecule has 2 atom stereocenters. The van der Waals surface area contributed by atoms with Crippen LogP contribution in [0.2, 0.25) is 0 Å². The number of carboxylic acid groups (broad SMARTS) is 1. The second-order valence-electron chi connectivity index (χ2n) is 7.85. The third-order valence-electron chi connectivity index (χ3n) is 5.44. The van der Waals surface area contributed by atoms with E-state index in [1.54, 1.807) is 12.1 Å². The Labute approximate surface area is 171 Å². The molecule has 2 heterocycles. The highest BCUT2D eigenvalue weighted by molar-refractivity contribution is 5.94. The van der Waals surface area contributed by atoms with E-state index < -0.39 is 12.1 Å². The lowest BCUT2D eigenvalue weighted by molar-refractivity contribution is -0.192. The van der Waals surface area contributed by atoms with Crippen LogP contribution in [0.3, 0.4) is 0 Å². The standard InChI is InChI=1S/C18H23FN2O2.C2HF3O2/c19-15-3-1-2-14(8-15)18(22)21-7-6-20-11-17(9-16(20)10-21)23-12-13-4-5-13;3-2(4,5)1(6)7/h1-3,8,13,16-17H,4-7,9-12H2;(H,6,7)/t16-,17+;/m0./s1. The monoisotopic (exact) mass is 432 g/mol. The number of halogens is 4. The van der Waals surface area contributed by atoms with Gasteiger partial charge in [0.25, 0.3) is 5.91 Å². The zero-order valence-electron chi connectivity index (χ0n) is 16.3. The van der Waals surface area contributed by atoms with E-state index in [0.717, 1.165) is 38.6 Å². The van der Waals surface area contributed by atoms with E-state index in [0.29, 0.717) is 24.3 Å². The molecule has 3 fully saturated rings. The number of hydrogen-bond donors (Lipinski definition) is 1. The van der Waals surface area contributed by atoms with E-state index in [2.05, 4.69) is 4.90 Å². The summed E-state index contributed by atoms with van der Waals surface area (Å²) < 4.78 is 51.1. The van der Waals surface area contributed by atoms with Gasteiger partial charge in [0.1, 0.15) is 5.82 Å². The number of alkyl halides is 3. The predicted octanol–water partition coefficient (Wildman–Crippen LogP) is 2.78. The molecule has 30 heavy (non-hydrogen) atoms. The van der Waals surface area contributed by atoms with Crippen LogP contribution in [0.1, 0.15) is 29.6 Å². The van der Waals surface area contributed by atoms with Crippen molar-refractivity contribution in [2.24, 2.45) is 5.92 Å². The first kappa shape index (κ1) is 22.5. The number of ether oxygens (including phenoxy) is 1. The third-order valence-corrected chi connectivity index (χ3v) is 5.44. The Morgan fingerprint density at radius 3 is 2.47 bits per heavy atom. The lowest BCUT2D eigenvalue weighted by Crippen LogP contribution is -2.52. The van der Waals surface area contributed by atoms with E-state index in [9.17, 15) is 22.4 Å². The summed E-state index contributed by atoms with van der Waals surface area (Å²) >= 11 is 0. The van der Waals surface area contributed by atoms with Crippen molar-refractivity contribution in [3.05, 3.63) is 35.6 Å². The first-order valence-electron chi connectivity index (χ1n) is 9.84. The number of hydrogen-bond acceptors (Lipinski definition) is 4. The molecule has 10 heteroatoms. The zero-order valence-corrected chi connectivity index (χ0v) is 16.3. The van der Waals surface area contributed by atoms with Gasteiger partial charge in [-0.05, 0) is 43.4 Å². The van der Waals surface area contributed by atoms with E-state index in [-0.39, 0.29) is 11.7 Å². The first-order valence-corrected chi connectivity index (χ1v) is 9.84. The van der Waals surface area contributed by atoms with Gasteiger partial charge in [-0.3, -0.25) is 9.69 Å². The maximum Gasteiger partial charge on any atom is 0.490 e. The van der Waals surface area contributed by atoms with E-state index in [1.807, 2.05) is 4.90 Å². The van der Waals surface area contributed by atoms with E-state index in [4.69, 9.17) is 14.6 Å². The molecule has 1 aliphatic carbocycles. The van der Waals surface area contributed by atoms with Crippen molar-refractivity contribution < 1.29 is 37.0 Å². The van der Waals surface area contributed by atoms with Gasteiger partial charge in [-0.2, -0.15) is 13.2 Å². The van der Waals surface area contributed by atoms with Crippen molar-refractivity contribution in [1.29, 1.82) is 0 Å². The number of carboxylic acids is 1. The van der Waals surface area contributed by atoms with Gasteiger partial charge in [-0.1, -0.05) is 6.07 Å². The van der Waals surface area contributed by atoms with Crippen LogP contribution < -0.4 is 0 Å². The van der Waals surface area contributed by atoms with Crippen LogP contribution in [0.15, 0.2) is 24.3 Å². The fraction of sp³-hybridized carbons (Fsp3) is 0.600. The minimum Gasteiger partial charge on any atom is -0.475 e. The summed E-state index contributed by atoms with van der Waals surface area (Å²) in [6.45, 7) is 4.20. The van der Waals surface area contributed by atoms with E-state index in [1.165, 1.54) is 25.0 Å². The number of fused-ring (bicyclic) bond motifs is 1. The molecule has 2 saturated heterocycles. The number of carbonyl (C=O) groups is 2. The van der Waals surface area contributed by atoms with Gasteiger partial charge in [0.2, 0.25) is 0 Å². The van der Waals surface area contributed by atoms with Gasteiger partial charge in [0.15, 0.2) is 0 Å². The van der Waals surface area contributed by atoms with Crippen LogP contribution in [0.4, 0.5) is 17.6 Å². The second kappa shape index (κ2) is 9.30. The molecule has 1 amide bonds. The van der Waals surface area contributed by atoms with Gasteiger partial charge in [-0.25, -0.2) is 9.18 Å². The lowest BCUT2D eigenvalue weighted by Gasteiger charge is -2.37. The van der Waals surface area contributed by atoms with Gasteiger partial charge in [0, 0.05) is 44.4 Å². The maximum absolute atomic E-state index is 13.3. The van der Waals surface area contributed by atoms with Crippen molar-refractivity contribution in [2.75, 3.05) is 32.8 Å². The number of piperazine rings is 1.